The summed E-state index contributed by atoms with van der Waals surface area (Å²) in [6, 6.07) is 4.82. The van der Waals surface area contributed by atoms with E-state index in [4.69, 9.17) is 34.0 Å². The van der Waals surface area contributed by atoms with Crippen LogP contribution in [0.25, 0.3) is 0 Å². The van der Waals surface area contributed by atoms with Crippen molar-refractivity contribution in [2.75, 3.05) is 6.54 Å². The molecule has 0 aliphatic heterocycles. The van der Waals surface area contributed by atoms with Crippen LogP contribution < -0.4 is 16.4 Å². The molecule has 0 fully saturated rings. The molecule has 1 aromatic carbocycles. The third kappa shape index (κ3) is 9.02. The van der Waals surface area contributed by atoms with Crippen LogP contribution in [-0.4, -0.2) is 41.3 Å². The van der Waals surface area contributed by atoms with E-state index in [0.717, 1.165) is 0 Å². The number of rotatable bonds is 8. The molecular weight excluding hydrogens is 399 g/mol. The highest BCUT2D eigenvalue weighted by Crippen LogP contribution is 2.24. The number of aliphatic imine (C=N–C) groups is 1. The SMILES string of the molecule is NC(=NC(=O)CCCC(=O)NCC(=O)O)NC(=O)Cc1c(Cl)cccc1Cl. The fourth-order valence-electron chi connectivity index (χ4n) is 1.93. The van der Waals surface area contributed by atoms with Gasteiger partial charge in [-0.3, -0.25) is 24.5 Å². The van der Waals surface area contributed by atoms with E-state index >= 15 is 0 Å². The van der Waals surface area contributed by atoms with E-state index in [0.29, 0.717) is 15.6 Å². The number of guanidine groups is 1. The number of carboxylic acid groups (broad SMARTS) is 1. The second-order valence-corrected chi connectivity index (χ2v) is 6.15. The van der Waals surface area contributed by atoms with E-state index in [9.17, 15) is 19.2 Å². The Morgan fingerprint density at radius 3 is 2.30 bits per heavy atom. The Balaban J connectivity index is 2.42. The quantitative estimate of drug-likeness (QED) is 0.364. The number of carbonyl (C=O) groups is 4. The van der Waals surface area contributed by atoms with Crippen molar-refractivity contribution in [3.8, 4) is 0 Å². The third-order valence-electron chi connectivity index (χ3n) is 3.14. The molecule has 0 unspecified atom stereocenters. The molecule has 3 amide bonds. The average Bonchev–Trinajstić information content (AvgIpc) is 2.56. The number of hydrogen-bond acceptors (Lipinski definition) is 4. The normalized spacial score (nSPS) is 11.0. The first-order valence-electron chi connectivity index (χ1n) is 7.77. The summed E-state index contributed by atoms with van der Waals surface area (Å²) >= 11 is 11.9. The van der Waals surface area contributed by atoms with Crippen molar-refractivity contribution in [1.29, 1.82) is 0 Å². The van der Waals surface area contributed by atoms with E-state index in [1.54, 1.807) is 18.2 Å². The Bertz CT molecular complexity index is 747. The standard InChI is InChI=1S/C16H18Cl2N4O5/c17-10-3-1-4-11(18)9(10)7-14(25)22-16(19)21-13(24)6-2-5-12(23)20-8-15(26)27/h1,3-4H,2,5-8H2,(H,20,23)(H,26,27)(H3,19,21,22,24,25). The first kappa shape index (κ1) is 22.4. The van der Waals surface area contributed by atoms with Crippen LogP contribution in [0.1, 0.15) is 24.8 Å². The van der Waals surface area contributed by atoms with Gasteiger partial charge in [0.15, 0.2) is 0 Å². The monoisotopic (exact) mass is 416 g/mol. The lowest BCUT2D eigenvalue weighted by atomic mass is 10.1. The molecule has 0 saturated heterocycles. The molecule has 0 aliphatic rings. The molecule has 0 bridgehead atoms. The maximum Gasteiger partial charge on any atom is 0.322 e. The van der Waals surface area contributed by atoms with Crippen molar-refractivity contribution in [3.63, 3.8) is 0 Å². The average molecular weight is 417 g/mol. The van der Waals surface area contributed by atoms with E-state index < -0.39 is 30.2 Å². The molecule has 9 nitrogen and oxygen atoms in total. The summed E-state index contributed by atoms with van der Waals surface area (Å²) in [6.07, 6.45) is -0.115. The lowest BCUT2D eigenvalue weighted by molar-refractivity contribution is -0.138. The molecule has 0 heterocycles. The topological polar surface area (TPSA) is 151 Å². The Morgan fingerprint density at radius 2 is 1.70 bits per heavy atom. The maximum atomic E-state index is 11.9. The first-order chi connectivity index (χ1) is 12.7. The highest BCUT2D eigenvalue weighted by molar-refractivity contribution is 6.36. The molecule has 11 heteroatoms. The van der Waals surface area contributed by atoms with Gasteiger partial charge < -0.3 is 16.2 Å². The smallest absolute Gasteiger partial charge is 0.322 e. The van der Waals surface area contributed by atoms with Gasteiger partial charge in [0.2, 0.25) is 23.7 Å². The molecule has 0 saturated carbocycles. The molecule has 0 spiro atoms. The molecule has 27 heavy (non-hydrogen) atoms. The van der Waals surface area contributed by atoms with Crippen molar-refractivity contribution in [1.82, 2.24) is 10.6 Å². The van der Waals surface area contributed by atoms with Crippen molar-refractivity contribution < 1.29 is 24.3 Å². The number of halogens is 2. The number of nitrogens with one attached hydrogen (secondary N) is 2. The molecule has 146 valence electrons. The number of nitrogens with zero attached hydrogens (tertiary/aromatic N) is 1. The van der Waals surface area contributed by atoms with Gasteiger partial charge in [-0.05, 0) is 24.1 Å². The van der Waals surface area contributed by atoms with E-state index in [-0.39, 0.29) is 31.6 Å². The van der Waals surface area contributed by atoms with Crippen LogP contribution in [0.15, 0.2) is 23.2 Å². The van der Waals surface area contributed by atoms with Crippen molar-refractivity contribution in [2.24, 2.45) is 10.7 Å². The van der Waals surface area contributed by atoms with Crippen molar-refractivity contribution in [2.45, 2.75) is 25.7 Å². The number of hydrogen-bond donors (Lipinski definition) is 4. The molecule has 0 aromatic heterocycles. The van der Waals surface area contributed by atoms with Gasteiger partial charge in [0, 0.05) is 22.9 Å². The highest BCUT2D eigenvalue weighted by Gasteiger charge is 2.12. The van der Waals surface area contributed by atoms with Crippen LogP contribution in [0.2, 0.25) is 10.0 Å². The number of amides is 3. The van der Waals surface area contributed by atoms with Gasteiger partial charge in [-0.1, -0.05) is 29.3 Å². The first-order valence-corrected chi connectivity index (χ1v) is 8.53. The Labute approximate surface area is 164 Å². The minimum absolute atomic E-state index is 0.0359. The summed E-state index contributed by atoms with van der Waals surface area (Å²) in [6.45, 7) is -0.487. The largest absolute Gasteiger partial charge is 0.480 e. The Hall–Kier alpha value is -2.65. The Morgan fingerprint density at radius 1 is 1.07 bits per heavy atom. The van der Waals surface area contributed by atoms with Gasteiger partial charge in [0.25, 0.3) is 0 Å². The number of aliphatic carboxylic acids is 1. The lowest BCUT2D eigenvalue weighted by Gasteiger charge is -2.07. The number of carboxylic acids is 1. The predicted octanol–water partition coefficient (Wildman–Crippen LogP) is 0.865. The predicted molar refractivity (Wildman–Crippen MR) is 99.4 cm³/mol. The van der Waals surface area contributed by atoms with Gasteiger partial charge in [0.1, 0.15) is 6.54 Å². The van der Waals surface area contributed by atoms with Gasteiger partial charge >= 0.3 is 5.97 Å². The fraction of sp³-hybridized carbons (Fsp3) is 0.312. The van der Waals surface area contributed by atoms with Crippen LogP contribution in [0.4, 0.5) is 0 Å². The van der Waals surface area contributed by atoms with E-state index in [1.807, 2.05) is 0 Å². The molecule has 1 aromatic rings. The second kappa shape index (κ2) is 11.1. The third-order valence-corrected chi connectivity index (χ3v) is 3.85. The zero-order chi connectivity index (χ0) is 20.4. The van der Waals surface area contributed by atoms with Crippen LogP contribution in [0.5, 0.6) is 0 Å². The Kier molecular flexibility index (Phi) is 9.24. The van der Waals surface area contributed by atoms with Gasteiger partial charge in [-0.2, -0.15) is 4.99 Å². The van der Waals surface area contributed by atoms with Crippen molar-refractivity contribution in [3.05, 3.63) is 33.8 Å². The zero-order valence-corrected chi connectivity index (χ0v) is 15.6. The van der Waals surface area contributed by atoms with Crippen LogP contribution in [-0.2, 0) is 25.6 Å². The van der Waals surface area contributed by atoms with E-state index in [2.05, 4.69) is 15.6 Å². The summed E-state index contributed by atoms with van der Waals surface area (Å²) in [4.78, 5) is 48.7. The summed E-state index contributed by atoms with van der Waals surface area (Å²) in [5.41, 5.74) is 5.93. The number of nitrogens with two attached hydrogens (primary N) is 1. The van der Waals surface area contributed by atoms with Gasteiger partial charge in [-0.25, -0.2) is 0 Å². The summed E-state index contributed by atoms with van der Waals surface area (Å²) in [7, 11) is 0. The molecule has 0 aliphatic carbocycles. The summed E-state index contributed by atoms with van der Waals surface area (Å²) in [5.74, 6) is -3.22. The minimum Gasteiger partial charge on any atom is -0.480 e. The van der Waals surface area contributed by atoms with Crippen LogP contribution >= 0.6 is 23.2 Å². The molecular formula is C16H18Cl2N4O5. The minimum atomic E-state index is -1.16. The lowest BCUT2D eigenvalue weighted by Crippen LogP contribution is -2.38. The zero-order valence-electron chi connectivity index (χ0n) is 14.1. The second-order valence-electron chi connectivity index (χ2n) is 5.34. The summed E-state index contributed by atoms with van der Waals surface area (Å²) in [5, 5.41) is 13.5. The van der Waals surface area contributed by atoms with E-state index in [1.165, 1.54) is 0 Å². The highest BCUT2D eigenvalue weighted by atomic mass is 35.5. The van der Waals surface area contributed by atoms with Crippen LogP contribution in [0.3, 0.4) is 0 Å². The molecule has 0 radical (unpaired) electrons. The van der Waals surface area contributed by atoms with Crippen molar-refractivity contribution >= 4 is 52.9 Å². The molecule has 1 rings (SSSR count). The number of benzene rings is 1. The van der Waals surface area contributed by atoms with Crippen LogP contribution in [0, 0.1) is 0 Å². The molecule has 0 atom stereocenters. The van der Waals surface area contributed by atoms with Gasteiger partial charge in [0.05, 0.1) is 6.42 Å². The fourth-order valence-corrected chi connectivity index (χ4v) is 2.46. The molecule has 5 N–H and O–H groups in total. The number of carbonyl (C=O) groups excluding carboxylic acids is 3. The maximum absolute atomic E-state index is 11.9. The van der Waals surface area contributed by atoms with Gasteiger partial charge in [-0.15, -0.1) is 0 Å². The summed E-state index contributed by atoms with van der Waals surface area (Å²) < 4.78 is 0.